The van der Waals surface area contributed by atoms with Crippen LogP contribution in [0, 0.1) is 6.92 Å². The molecular formula is C23H24ClNO3. The maximum absolute atomic E-state index is 13.1. The molecule has 0 amide bonds. The first-order valence-corrected chi connectivity index (χ1v) is 10.1. The zero-order valence-electron chi connectivity index (χ0n) is 16.3. The van der Waals surface area contributed by atoms with Gasteiger partial charge in [-0.1, -0.05) is 18.0 Å². The van der Waals surface area contributed by atoms with Crippen LogP contribution >= 0.6 is 11.6 Å². The Kier molecular flexibility index (Phi) is 5.42. The number of hydrogen-bond donors (Lipinski definition) is 0. The molecule has 1 aliphatic rings. The second-order valence-corrected chi connectivity index (χ2v) is 7.79. The summed E-state index contributed by atoms with van der Waals surface area (Å²) in [6.07, 6.45) is 3.68. The van der Waals surface area contributed by atoms with E-state index in [1.807, 2.05) is 25.1 Å². The van der Waals surface area contributed by atoms with E-state index in [2.05, 4.69) is 4.90 Å². The summed E-state index contributed by atoms with van der Waals surface area (Å²) >= 11 is 6.02. The zero-order chi connectivity index (χ0) is 19.7. The highest BCUT2D eigenvalue weighted by atomic mass is 35.5. The van der Waals surface area contributed by atoms with Gasteiger partial charge in [-0.25, -0.2) is 0 Å². The molecule has 1 aromatic heterocycles. The van der Waals surface area contributed by atoms with E-state index in [0.717, 1.165) is 30.0 Å². The van der Waals surface area contributed by atoms with Crippen molar-refractivity contribution in [1.82, 2.24) is 4.90 Å². The average Bonchev–Trinajstić information content (AvgIpc) is 2.72. The number of likely N-dealkylation sites (tertiary alicyclic amines) is 1. The summed E-state index contributed by atoms with van der Waals surface area (Å²) in [7, 11) is 1.66. The van der Waals surface area contributed by atoms with Gasteiger partial charge < -0.3 is 9.15 Å². The van der Waals surface area contributed by atoms with Crippen LogP contribution in [0.25, 0.3) is 22.3 Å². The molecule has 0 aliphatic carbocycles. The number of halogens is 1. The number of piperidine rings is 1. The highest BCUT2D eigenvalue weighted by Gasteiger charge is 2.20. The smallest absolute Gasteiger partial charge is 0.196 e. The average molecular weight is 398 g/mol. The van der Waals surface area contributed by atoms with Crippen molar-refractivity contribution in [3.63, 3.8) is 0 Å². The Hall–Kier alpha value is -2.30. The molecule has 28 heavy (non-hydrogen) atoms. The van der Waals surface area contributed by atoms with E-state index in [4.69, 9.17) is 20.8 Å². The van der Waals surface area contributed by atoms with Crippen LogP contribution < -0.4 is 10.2 Å². The molecule has 146 valence electrons. The van der Waals surface area contributed by atoms with Crippen LogP contribution in [0.4, 0.5) is 0 Å². The van der Waals surface area contributed by atoms with E-state index in [9.17, 15) is 4.79 Å². The molecule has 0 radical (unpaired) electrons. The van der Waals surface area contributed by atoms with Gasteiger partial charge in [-0.3, -0.25) is 9.69 Å². The van der Waals surface area contributed by atoms with Gasteiger partial charge in [0.15, 0.2) is 5.43 Å². The maximum atomic E-state index is 13.1. The van der Waals surface area contributed by atoms with Gasteiger partial charge in [0.2, 0.25) is 0 Å². The van der Waals surface area contributed by atoms with Gasteiger partial charge in [0, 0.05) is 22.7 Å². The van der Waals surface area contributed by atoms with Crippen LogP contribution in [-0.4, -0.2) is 25.1 Å². The molecule has 0 N–H and O–H groups in total. The molecule has 5 heteroatoms. The Bertz CT molecular complexity index is 1050. The molecule has 1 fully saturated rings. The molecule has 0 bridgehead atoms. The van der Waals surface area contributed by atoms with E-state index in [1.54, 1.807) is 25.3 Å². The fourth-order valence-corrected chi connectivity index (χ4v) is 4.07. The summed E-state index contributed by atoms with van der Waals surface area (Å²) < 4.78 is 12.0. The van der Waals surface area contributed by atoms with Crippen LogP contribution in [0.2, 0.25) is 5.02 Å². The lowest BCUT2D eigenvalue weighted by atomic mass is 10.0. The second kappa shape index (κ2) is 7.98. The molecule has 4 rings (SSSR count). The third kappa shape index (κ3) is 3.54. The Morgan fingerprint density at radius 3 is 2.46 bits per heavy atom. The Labute approximate surface area is 169 Å². The molecule has 3 aromatic rings. The molecule has 2 aromatic carbocycles. The first-order valence-electron chi connectivity index (χ1n) is 9.70. The van der Waals surface area contributed by atoms with Gasteiger partial charge in [0.05, 0.1) is 18.1 Å². The van der Waals surface area contributed by atoms with E-state index >= 15 is 0 Å². The van der Waals surface area contributed by atoms with Crippen LogP contribution in [0.15, 0.2) is 45.6 Å². The van der Waals surface area contributed by atoms with Crippen LogP contribution in [0.1, 0.15) is 30.4 Å². The Morgan fingerprint density at radius 2 is 1.79 bits per heavy atom. The first-order chi connectivity index (χ1) is 13.6. The van der Waals surface area contributed by atoms with Crippen molar-refractivity contribution in [3.05, 3.63) is 62.8 Å². The van der Waals surface area contributed by atoms with E-state index in [1.165, 1.54) is 19.3 Å². The fraction of sp³-hybridized carbons (Fsp3) is 0.348. The van der Waals surface area contributed by atoms with Crippen LogP contribution in [0.3, 0.4) is 0 Å². The topological polar surface area (TPSA) is 42.7 Å². The molecule has 0 atom stereocenters. The number of fused-ring (bicyclic) bond motifs is 1. The summed E-state index contributed by atoms with van der Waals surface area (Å²) in [6.45, 7) is 4.63. The summed E-state index contributed by atoms with van der Waals surface area (Å²) in [5.41, 5.74) is 2.99. The third-order valence-electron chi connectivity index (χ3n) is 5.50. The van der Waals surface area contributed by atoms with Crippen molar-refractivity contribution < 1.29 is 9.15 Å². The third-order valence-corrected chi connectivity index (χ3v) is 5.76. The quantitative estimate of drug-likeness (QED) is 0.589. The lowest BCUT2D eigenvalue weighted by molar-refractivity contribution is 0.218. The highest BCUT2D eigenvalue weighted by molar-refractivity contribution is 6.30. The zero-order valence-corrected chi connectivity index (χ0v) is 17.0. The summed E-state index contributed by atoms with van der Waals surface area (Å²) in [4.78, 5) is 15.5. The number of rotatable bonds is 4. The lowest BCUT2D eigenvalue weighted by Gasteiger charge is -2.27. The van der Waals surface area contributed by atoms with E-state index in [-0.39, 0.29) is 5.43 Å². The van der Waals surface area contributed by atoms with Gasteiger partial charge in [-0.2, -0.15) is 0 Å². The minimum Gasteiger partial charge on any atom is -0.496 e. The first kappa shape index (κ1) is 19.0. The van der Waals surface area contributed by atoms with E-state index < -0.39 is 0 Å². The molecule has 2 heterocycles. The van der Waals surface area contributed by atoms with Crippen molar-refractivity contribution in [2.45, 2.75) is 32.7 Å². The number of methoxy groups -OCH3 is 1. The van der Waals surface area contributed by atoms with Crippen molar-refractivity contribution in [1.29, 1.82) is 0 Å². The van der Waals surface area contributed by atoms with Crippen molar-refractivity contribution >= 4 is 22.6 Å². The minimum absolute atomic E-state index is 0.00579. The number of ether oxygens (including phenoxy) is 1. The normalized spacial score (nSPS) is 15.1. The fourth-order valence-electron chi connectivity index (χ4n) is 3.95. The molecule has 4 nitrogen and oxygen atoms in total. The number of benzene rings is 2. The molecular weight excluding hydrogens is 374 g/mol. The second-order valence-electron chi connectivity index (χ2n) is 7.35. The summed E-state index contributed by atoms with van der Waals surface area (Å²) in [6, 6.07) is 11.0. The van der Waals surface area contributed by atoms with Gasteiger partial charge in [0.1, 0.15) is 17.1 Å². The Balaban J connectivity index is 1.91. The van der Waals surface area contributed by atoms with Gasteiger partial charge >= 0.3 is 0 Å². The Morgan fingerprint density at radius 1 is 1.07 bits per heavy atom. The van der Waals surface area contributed by atoms with Crippen LogP contribution in [-0.2, 0) is 6.54 Å². The monoisotopic (exact) mass is 397 g/mol. The predicted molar refractivity (Wildman–Crippen MR) is 113 cm³/mol. The van der Waals surface area contributed by atoms with Gasteiger partial charge in [-0.05, 0) is 69.3 Å². The van der Waals surface area contributed by atoms with Crippen molar-refractivity contribution in [2.24, 2.45) is 0 Å². The molecule has 0 saturated carbocycles. The lowest BCUT2D eigenvalue weighted by Crippen LogP contribution is -2.29. The largest absolute Gasteiger partial charge is 0.496 e. The summed E-state index contributed by atoms with van der Waals surface area (Å²) in [5, 5.41) is 1.25. The van der Waals surface area contributed by atoms with E-state index in [0.29, 0.717) is 33.9 Å². The van der Waals surface area contributed by atoms with Crippen LogP contribution in [0.5, 0.6) is 5.75 Å². The maximum Gasteiger partial charge on any atom is 0.196 e. The highest BCUT2D eigenvalue weighted by Crippen LogP contribution is 2.33. The molecule has 1 aliphatic heterocycles. The minimum atomic E-state index is -0.00579. The number of hydrogen-bond acceptors (Lipinski definition) is 4. The predicted octanol–water partition coefficient (Wildman–Crippen LogP) is 5.42. The number of nitrogens with zero attached hydrogens (tertiary/aromatic N) is 1. The SMILES string of the molecule is COc1ccc2c(=O)c(C)c(-c3ccc(Cl)cc3)oc2c1CN1CCCCC1. The molecule has 1 saturated heterocycles. The van der Waals surface area contributed by atoms with Crippen molar-refractivity contribution in [2.75, 3.05) is 20.2 Å². The van der Waals surface area contributed by atoms with Crippen molar-refractivity contribution in [3.8, 4) is 17.1 Å². The van der Waals surface area contributed by atoms with Gasteiger partial charge in [-0.15, -0.1) is 0 Å². The molecule has 0 unspecified atom stereocenters. The molecule has 0 spiro atoms. The summed E-state index contributed by atoms with van der Waals surface area (Å²) in [5.74, 6) is 1.34. The van der Waals surface area contributed by atoms with Gasteiger partial charge in [0.25, 0.3) is 0 Å². The standard InChI is InChI=1S/C23H24ClNO3/c1-15-21(26)18-10-11-20(27-2)19(14-25-12-4-3-5-13-25)23(18)28-22(15)16-6-8-17(24)9-7-16/h6-11H,3-5,12-14H2,1-2H3.